The zero-order valence-corrected chi connectivity index (χ0v) is 20.2. The van der Waals surface area contributed by atoms with Gasteiger partial charge in [0, 0.05) is 42.3 Å². The molecule has 0 fully saturated rings. The standard InChI is InChI=1S/C24H19F3N6O3S/c1-15-12-28-23(31-22(15)17-13-29-32(2)14-17)30-19-5-8-21-16(11-19)9-10-33(21)37(34,35)36-20-6-3-18(4-7-20)24(25,26)27/h3-14H,1-2H3,(H,28,30,31). The summed E-state index contributed by atoms with van der Waals surface area (Å²) in [6.07, 6.45) is 2.01. The number of halogens is 3. The molecule has 5 aromatic rings. The van der Waals surface area contributed by atoms with Crippen LogP contribution in [0.3, 0.4) is 0 Å². The maximum atomic E-state index is 12.8. The number of nitrogens with one attached hydrogen (secondary N) is 1. The summed E-state index contributed by atoms with van der Waals surface area (Å²) in [5, 5.41) is 7.86. The molecule has 0 aliphatic heterocycles. The van der Waals surface area contributed by atoms with E-state index in [0.29, 0.717) is 22.5 Å². The van der Waals surface area contributed by atoms with Crippen molar-refractivity contribution in [2.75, 3.05) is 5.32 Å². The first kappa shape index (κ1) is 24.3. The van der Waals surface area contributed by atoms with Crippen molar-refractivity contribution in [2.45, 2.75) is 13.1 Å². The first-order valence-corrected chi connectivity index (χ1v) is 12.2. The Morgan fingerprint density at radius 3 is 2.46 bits per heavy atom. The second-order valence-electron chi connectivity index (χ2n) is 8.20. The monoisotopic (exact) mass is 528 g/mol. The van der Waals surface area contributed by atoms with Gasteiger partial charge in [0.05, 0.1) is 23.0 Å². The predicted molar refractivity (Wildman–Crippen MR) is 131 cm³/mol. The van der Waals surface area contributed by atoms with Crippen molar-refractivity contribution >= 4 is 32.8 Å². The molecule has 0 aliphatic rings. The average Bonchev–Trinajstić information content (AvgIpc) is 3.46. The number of aromatic nitrogens is 5. The van der Waals surface area contributed by atoms with E-state index in [0.717, 1.165) is 45.1 Å². The van der Waals surface area contributed by atoms with Crippen LogP contribution < -0.4 is 9.50 Å². The van der Waals surface area contributed by atoms with Crippen LogP contribution in [0.1, 0.15) is 11.1 Å². The zero-order chi connectivity index (χ0) is 26.4. The van der Waals surface area contributed by atoms with Crippen molar-refractivity contribution in [1.29, 1.82) is 0 Å². The van der Waals surface area contributed by atoms with E-state index in [9.17, 15) is 21.6 Å². The number of aryl methyl sites for hydroxylation is 2. The quantitative estimate of drug-likeness (QED) is 0.328. The van der Waals surface area contributed by atoms with Crippen LogP contribution in [-0.2, 0) is 23.5 Å². The number of hydrogen-bond donors (Lipinski definition) is 1. The van der Waals surface area contributed by atoms with Crippen molar-refractivity contribution in [1.82, 2.24) is 23.7 Å². The summed E-state index contributed by atoms with van der Waals surface area (Å²) in [7, 11) is -2.56. The molecule has 190 valence electrons. The second-order valence-corrected chi connectivity index (χ2v) is 9.62. The first-order chi connectivity index (χ1) is 17.5. The van der Waals surface area contributed by atoms with E-state index < -0.39 is 22.0 Å². The molecule has 0 atom stereocenters. The van der Waals surface area contributed by atoms with Crippen molar-refractivity contribution < 1.29 is 25.8 Å². The third kappa shape index (κ3) is 4.98. The molecule has 0 aliphatic carbocycles. The molecule has 1 N–H and O–H groups in total. The average molecular weight is 529 g/mol. The number of rotatable bonds is 6. The van der Waals surface area contributed by atoms with E-state index in [-0.39, 0.29) is 5.75 Å². The minimum atomic E-state index is -4.54. The van der Waals surface area contributed by atoms with E-state index >= 15 is 0 Å². The molecular formula is C24H19F3N6O3S. The lowest BCUT2D eigenvalue weighted by atomic mass is 10.1. The predicted octanol–water partition coefficient (Wildman–Crippen LogP) is 5.07. The number of anilines is 2. The molecule has 9 nitrogen and oxygen atoms in total. The number of benzene rings is 2. The highest BCUT2D eigenvalue weighted by Gasteiger charge is 2.30. The summed E-state index contributed by atoms with van der Waals surface area (Å²) in [4.78, 5) is 8.90. The largest absolute Gasteiger partial charge is 0.416 e. The van der Waals surface area contributed by atoms with E-state index in [1.54, 1.807) is 41.3 Å². The summed E-state index contributed by atoms with van der Waals surface area (Å²) in [5.41, 5.74) is 2.48. The summed E-state index contributed by atoms with van der Waals surface area (Å²) in [5.74, 6) is 0.107. The highest BCUT2D eigenvalue weighted by Crippen LogP contribution is 2.31. The van der Waals surface area contributed by atoms with Crippen LogP contribution in [0.5, 0.6) is 5.75 Å². The molecule has 3 aromatic heterocycles. The molecule has 0 bridgehead atoms. The molecule has 0 amide bonds. The van der Waals surface area contributed by atoms with Gasteiger partial charge in [0.25, 0.3) is 0 Å². The molecule has 0 saturated carbocycles. The van der Waals surface area contributed by atoms with Crippen molar-refractivity contribution in [3.8, 4) is 17.0 Å². The minimum Gasteiger partial charge on any atom is -0.366 e. The van der Waals surface area contributed by atoms with Gasteiger partial charge in [-0.3, -0.25) is 4.68 Å². The van der Waals surface area contributed by atoms with Gasteiger partial charge in [-0.15, -0.1) is 0 Å². The van der Waals surface area contributed by atoms with Gasteiger partial charge < -0.3 is 9.50 Å². The smallest absolute Gasteiger partial charge is 0.366 e. The lowest BCUT2D eigenvalue weighted by molar-refractivity contribution is -0.137. The zero-order valence-electron chi connectivity index (χ0n) is 19.4. The Hall–Kier alpha value is -4.39. The SMILES string of the molecule is Cc1cnc(Nc2ccc3c(ccn3S(=O)(=O)Oc3ccc(C(F)(F)F)cc3)c2)nc1-c1cnn(C)c1. The van der Waals surface area contributed by atoms with Crippen LogP contribution in [0.25, 0.3) is 22.2 Å². The highest BCUT2D eigenvalue weighted by atomic mass is 32.2. The fraction of sp³-hybridized carbons (Fsp3) is 0.125. The first-order valence-electron chi connectivity index (χ1n) is 10.8. The summed E-state index contributed by atoms with van der Waals surface area (Å²) in [6.45, 7) is 1.90. The fourth-order valence-electron chi connectivity index (χ4n) is 3.72. The van der Waals surface area contributed by atoms with Gasteiger partial charge in [0.1, 0.15) is 5.75 Å². The van der Waals surface area contributed by atoms with Gasteiger partial charge in [-0.1, -0.05) is 0 Å². The Kier molecular flexibility index (Phi) is 5.86. The number of alkyl halides is 3. The van der Waals surface area contributed by atoms with E-state index in [1.165, 1.54) is 6.20 Å². The third-order valence-corrected chi connectivity index (χ3v) is 6.69. The number of hydrogen-bond acceptors (Lipinski definition) is 7. The Bertz CT molecular complexity index is 1710. The van der Waals surface area contributed by atoms with Crippen molar-refractivity contribution in [3.05, 3.63) is 84.4 Å². The van der Waals surface area contributed by atoms with Crippen molar-refractivity contribution in [2.24, 2.45) is 7.05 Å². The van der Waals surface area contributed by atoms with Gasteiger partial charge in [-0.05, 0) is 61.0 Å². The van der Waals surface area contributed by atoms with Crippen LogP contribution in [0, 0.1) is 6.92 Å². The van der Waals surface area contributed by atoms with Crippen molar-refractivity contribution in [3.63, 3.8) is 0 Å². The Labute approximate surface area is 209 Å². The van der Waals surface area contributed by atoms with Crippen LogP contribution in [-0.4, -0.2) is 32.1 Å². The molecular weight excluding hydrogens is 509 g/mol. The molecule has 3 heterocycles. The molecule has 0 radical (unpaired) electrons. The summed E-state index contributed by atoms with van der Waals surface area (Å²) in [6, 6.07) is 9.93. The van der Waals surface area contributed by atoms with Gasteiger partial charge in [-0.2, -0.15) is 26.7 Å². The topological polar surface area (TPSA) is 104 Å². The normalized spacial score (nSPS) is 12.1. The Balaban J connectivity index is 1.38. The summed E-state index contributed by atoms with van der Waals surface area (Å²) >= 11 is 0. The summed E-state index contributed by atoms with van der Waals surface area (Å²) < 4.78 is 71.5. The number of fused-ring (bicyclic) bond motifs is 1. The van der Waals surface area contributed by atoms with Gasteiger partial charge in [-0.25, -0.2) is 13.9 Å². The lowest BCUT2D eigenvalue weighted by Gasteiger charge is -2.11. The lowest BCUT2D eigenvalue weighted by Crippen LogP contribution is -2.18. The number of nitrogens with zero attached hydrogens (tertiary/aromatic N) is 5. The maximum absolute atomic E-state index is 12.8. The molecule has 0 unspecified atom stereocenters. The van der Waals surface area contributed by atoms with E-state index in [1.807, 2.05) is 20.2 Å². The molecule has 2 aromatic carbocycles. The molecule has 0 saturated heterocycles. The van der Waals surface area contributed by atoms with Crippen LogP contribution in [0.15, 0.2) is 73.3 Å². The minimum absolute atomic E-state index is 0.242. The second kappa shape index (κ2) is 8.92. The van der Waals surface area contributed by atoms with Gasteiger partial charge in [0.2, 0.25) is 5.95 Å². The third-order valence-electron chi connectivity index (χ3n) is 5.48. The van der Waals surface area contributed by atoms with Gasteiger partial charge >= 0.3 is 16.5 Å². The molecule has 0 spiro atoms. The maximum Gasteiger partial charge on any atom is 0.416 e. The van der Waals surface area contributed by atoms with E-state index in [2.05, 4.69) is 20.4 Å². The van der Waals surface area contributed by atoms with Crippen LogP contribution in [0.2, 0.25) is 0 Å². The molecule has 37 heavy (non-hydrogen) atoms. The van der Waals surface area contributed by atoms with E-state index in [4.69, 9.17) is 4.18 Å². The molecule has 13 heteroatoms. The van der Waals surface area contributed by atoms with Gasteiger partial charge in [0.15, 0.2) is 0 Å². The highest BCUT2D eigenvalue weighted by molar-refractivity contribution is 7.85. The fourth-order valence-corrected chi connectivity index (χ4v) is 4.77. The Morgan fingerprint density at radius 2 is 1.78 bits per heavy atom. The Morgan fingerprint density at radius 1 is 1.03 bits per heavy atom. The molecule has 5 rings (SSSR count). The van der Waals surface area contributed by atoms with Crippen LogP contribution in [0.4, 0.5) is 24.8 Å². The van der Waals surface area contributed by atoms with Crippen LogP contribution >= 0.6 is 0 Å².